The number of amides is 1. The number of hydrogen-bond acceptors (Lipinski definition) is 6. The maximum atomic E-state index is 12.4. The van der Waals surface area contributed by atoms with E-state index in [0.717, 1.165) is 16.9 Å². The summed E-state index contributed by atoms with van der Waals surface area (Å²) < 4.78 is 21.8. The number of aryl methyl sites for hydroxylation is 1. The minimum Gasteiger partial charge on any atom is -0.496 e. The molecule has 28 heavy (non-hydrogen) atoms. The van der Waals surface area contributed by atoms with E-state index in [-0.39, 0.29) is 19.1 Å². The molecule has 144 valence electrons. The number of para-hydroxylation sites is 1. The number of hydrogen-bond donors (Lipinski definition) is 1. The van der Waals surface area contributed by atoms with Gasteiger partial charge in [-0.05, 0) is 31.2 Å². The zero-order chi connectivity index (χ0) is 19.5. The van der Waals surface area contributed by atoms with Crippen LogP contribution >= 0.6 is 0 Å². The van der Waals surface area contributed by atoms with Crippen molar-refractivity contribution in [2.75, 3.05) is 13.9 Å². The first kappa shape index (κ1) is 17.9. The molecule has 0 unspecified atom stereocenters. The molecule has 7 nitrogen and oxygen atoms in total. The Balaban J connectivity index is 1.43. The molecular weight excluding hydrogens is 360 g/mol. The van der Waals surface area contributed by atoms with Gasteiger partial charge in [0, 0.05) is 17.7 Å². The molecule has 1 aromatic heterocycles. The molecule has 0 aliphatic carbocycles. The van der Waals surface area contributed by atoms with Crippen molar-refractivity contribution in [3.05, 3.63) is 59.5 Å². The van der Waals surface area contributed by atoms with Gasteiger partial charge in [-0.1, -0.05) is 18.2 Å². The lowest BCUT2D eigenvalue weighted by atomic mass is 10.2. The summed E-state index contributed by atoms with van der Waals surface area (Å²) in [5.74, 6) is 3.01. The highest BCUT2D eigenvalue weighted by Gasteiger charge is 2.18. The Kier molecular flexibility index (Phi) is 4.89. The molecule has 0 atom stereocenters. The number of ether oxygens (including phenoxy) is 3. The third-order valence-corrected chi connectivity index (χ3v) is 4.51. The predicted molar refractivity (Wildman–Crippen MR) is 101 cm³/mol. The number of carbonyl (C=O) groups excluding carboxylic acids is 1. The summed E-state index contributed by atoms with van der Waals surface area (Å²) in [5, 5.41) is 2.90. The Bertz CT molecular complexity index is 1010. The van der Waals surface area contributed by atoms with Crippen LogP contribution in [0.1, 0.15) is 17.0 Å². The van der Waals surface area contributed by atoms with Crippen molar-refractivity contribution < 1.29 is 23.4 Å². The number of methoxy groups -OCH3 is 1. The van der Waals surface area contributed by atoms with Gasteiger partial charge in [-0.2, -0.15) is 0 Å². The topological polar surface area (TPSA) is 82.8 Å². The van der Waals surface area contributed by atoms with E-state index in [9.17, 15) is 4.79 Å². The van der Waals surface area contributed by atoms with Crippen LogP contribution in [0.15, 0.2) is 46.9 Å². The van der Waals surface area contributed by atoms with Crippen LogP contribution in [0, 0.1) is 6.92 Å². The van der Waals surface area contributed by atoms with E-state index in [0.29, 0.717) is 35.4 Å². The molecular formula is C21H20N2O5. The van der Waals surface area contributed by atoms with Crippen molar-refractivity contribution in [1.29, 1.82) is 0 Å². The van der Waals surface area contributed by atoms with Gasteiger partial charge in [0.05, 0.1) is 19.2 Å². The monoisotopic (exact) mass is 380 g/mol. The Morgan fingerprint density at radius 1 is 1.18 bits per heavy atom. The molecule has 7 heteroatoms. The van der Waals surface area contributed by atoms with Gasteiger partial charge in [-0.3, -0.25) is 4.79 Å². The Labute approximate surface area is 162 Å². The average Bonchev–Trinajstić information content (AvgIpc) is 3.32. The molecule has 0 saturated carbocycles. The standard InChI is InChI=1S/C21H20N2O5/c1-13-16(10-20(24)22-11-15-5-3-4-6-17(15)25-2)23-21(28-13)14-7-8-18-19(9-14)27-12-26-18/h3-9H,10-12H2,1-2H3,(H,22,24). The first-order chi connectivity index (χ1) is 13.6. The van der Waals surface area contributed by atoms with Crippen molar-refractivity contribution in [1.82, 2.24) is 10.3 Å². The molecule has 0 spiro atoms. The number of fused-ring (bicyclic) bond motifs is 1. The summed E-state index contributed by atoms with van der Waals surface area (Å²) in [6.45, 7) is 2.39. The number of benzene rings is 2. The number of nitrogens with zero attached hydrogens (tertiary/aromatic N) is 1. The molecule has 2 heterocycles. The van der Waals surface area contributed by atoms with Crippen LogP contribution in [-0.4, -0.2) is 24.8 Å². The predicted octanol–water partition coefficient (Wildman–Crippen LogP) is 3.25. The van der Waals surface area contributed by atoms with Gasteiger partial charge in [0.25, 0.3) is 0 Å². The summed E-state index contributed by atoms with van der Waals surface area (Å²) in [5.41, 5.74) is 2.29. The van der Waals surface area contributed by atoms with E-state index in [1.54, 1.807) is 14.0 Å². The van der Waals surface area contributed by atoms with Crippen LogP contribution in [0.2, 0.25) is 0 Å². The van der Waals surface area contributed by atoms with Crippen molar-refractivity contribution in [3.63, 3.8) is 0 Å². The number of aromatic nitrogens is 1. The first-order valence-corrected chi connectivity index (χ1v) is 8.89. The molecule has 3 aromatic rings. The quantitative estimate of drug-likeness (QED) is 0.707. The lowest BCUT2D eigenvalue weighted by molar-refractivity contribution is -0.120. The molecule has 1 amide bonds. The van der Waals surface area contributed by atoms with Crippen LogP contribution in [0.4, 0.5) is 0 Å². The van der Waals surface area contributed by atoms with E-state index in [2.05, 4.69) is 10.3 Å². The minimum absolute atomic E-state index is 0.134. The summed E-state index contributed by atoms with van der Waals surface area (Å²) in [6, 6.07) is 13.1. The second-order valence-corrected chi connectivity index (χ2v) is 6.36. The molecule has 0 bridgehead atoms. The normalized spacial score (nSPS) is 12.1. The van der Waals surface area contributed by atoms with Crippen LogP contribution in [0.25, 0.3) is 11.5 Å². The molecule has 1 aliphatic rings. The van der Waals surface area contributed by atoms with Crippen molar-refractivity contribution in [2.45, 2.75) is 19.9 Å². The summed E-state index contributed by atoms with van der Waals surface area (Å²) >= 11 is 0. The van der Waals surface area contributed by atoms with Gasteiger partial charge in [0.15, 0.2) is 11.5 Å². The number of rotatable bonds is 6. The van der Waals surface area contributed by atoms with Gasteiger partial charge < -0.3 is 23.9 Å². The van der Waals surface area contributed by atoms with E-state index in [1.165, 1.54) is 0 Å². The Hall–Kier alpha value is -3.48. The van der Waals surface area contributed by atoms with Crippen molar-refractivity contribution in [3.8, 4) is 28.7 Å². The largest absolute Gasteiger partial charge is 0.496 e. The zero-order valence-electron chi connectivity index (χ0n) is 15.7. The van der Waals surface area contributed by atoms with E-state index >= 15 is 0 Å². The second kappa shape index (κ2) is 7.64. The SMILES string of the molecule is COc1ccccc1CNC(=O)Cc1nc(-c2ccc3c(c2)OCO3)oc1C. The highest BCUT2D eigenvalue weighted by Crippen LogP contribution is 2.36. The average molecular weight is 380 g/mol. The Morgan fingerprint density at radius 3 is 2.86 bits per heavy atom. The van der Waals surface area contributed by atoms with Gasteiger partial charge in [-0.15, -0.1) is 0 Å². The molecule has 2 aromatic carbocycles. The van der Waals surface area contributed by atoms with Gasteiger partial charge in [0.2, 0.25) is 18.6 Å². The van der Waals surface area contributed by atoms with Crippen molar-refractivity contribution >= 4 is 5.91 Å². The summed E-state index contributed by atoms with van der Waals surface area (Å²) in [7, 11) is 1.61. The molecule has 0 saturated heterocycles. The number of carbonyl (C=O) groups is 1. The third-order valence-electron chi connectivity index (χ3n) is 4.51. The number of oxazole rings is 1. The minimum atomic E-state index is -0.139. The fourth-order valence-corrected chi connectivity index (χ4v) is 3.00. The maximum absolute atomic E-state index is 12.4. The van der Waals surface area contributed by atoms with Crippen LogP contribution in [0.3, 0.4) is 0 Å². The number of nitrogens with one attached hydrogen (secondary N) is 1. The fourth-order valence-electron chi connectivity index (χ4n) is 3.00. The first-order valence-electron chi connectivity index (χ1n) is 8.89. The second-order valence-electron chi connectivity index (χ2n) is 6.36. The van der Waals surface area contributed by atoms with E-state index in [1.807, 2.05) is 42.5 Å². The maximum Gasteiger partial charge on any atom is 0.231 e. The third kappa shape index (κ3) is 3.64. The zero-order valence-corrected chi connectivity index (χ0v) is 15.7. The molecule has 1 aliphatic heterocycles. The lowest BCUT2D eigenvalue weighted by Gasteiger charge is -2.09. The summed E-state index contributed by atoms with van der Waals surface area (Å²) in [6.07, 6.45) is 0.134. The molecule has 0 fully saturated rings. The fraction of sp³-hybridized carbons (Fsp3) is 0.238. The van der Waals surface area contributed by atoms with Crippen LogP contribution in [-0.2, 0) is 17.8 Å². The molecule has 4 rings (SSSR count). The lowest BCUT2D eigenvalue weighted by Crippen LogP contribution is -2.25. The highest BCUT2D eigenvalue weighted by atomic mass is 16.7. The Morgan fingerprint density at radius 2 is 2.00 bits per heavy atom. The van der Waals surface area contributed by atoms with Crippen molar-refractivity contribution in [2.24, 2.45) is 0 Å². The van der Waals surface area contributed by atoms with E-state index in [4.69, 9.17) is 18.6 Å². The van der Waals surface area contributed by atoms with Gasteiger partial charge in [-0.25, -0.2) is 4.98 Å². The van der Waals surface area contributed by atoms with E-state index < -0.39 is 0 Å². The van der Waals surface area contributed by atoms with Gasteiger partial charge >= 0.3 is 0 Å². The smallest absolute Gasteiger partial charge is 0.231 e. The molecule has 0 radical (unpaired) electrons. The summed E-state index contributed by atoms with van der Waals surface area (Å²) in [4.78, 5) is 16.9. The highest BCUT2D eigenvalue weighted by molar-refractivity contribution is 5.78. The molecule has 1 N–H and O–H groups in total. The van der Waals surface area contributed by atoms with Crippen LogP contribution in [0.5, 0.6) is 17.2 Å². The van der Waals surface area contributed by atoms with Gasteiger partial charge in [0.1, 0.15) is 11.5 Å². The van der Waals surface area contributed by atoms with Crippen LogP contribution < -0.4 is 19.5 Å².